The van der Waals surface area contributed by atoms with E-state index in [0.29, 0.717) is 41.3 Å². The minimum Gasteiger partial charge on any atom is -0.333 e. The van der Waals surface area contributed by atoms with Crippen LogP contribution >= 0.6 is 11.3 Å². The molecular weight excluding hydrogens is 422 g/mol. The summed E-state index contributed by atoms with van der Waals surface area (Å²) in [5.74, 6) is -2.35. The number of hydrogen-bond acceptors (Lipinski definition) is 5. The van der Waals surface area contributed by atoms with Crippen molar-refractivity contribution in [2.24, 2.45) is 0 Å². The number of carbonyl (C=O) groups is 2. The average Bonchev–Trinajstić information content (AvgIpc) is 3.17. The summed E-state index contributed by atoms with van der Waals surface area (Å²) in [6.45, 7) is 6.01. The van der Waals surface area contributed by atoms with Gasteiger partial charge in [-0.3, -0.25) is 9.59 Å². The van der Waals surface area contributed by atoms with Crippen molar-refractivity contribution in [3.05, 3.63) is 45.4 Å². The van der Waals surface area contributed by atoms with Gasteiger partial charge in [-0.05, 0) is 51.5 Å². The Hall–Kier alpha value is -2.39. The maximum absolute atomic E-state index is 14.2. The van der Waals surface area contributed by atoms with Crippen LogP contribution in [0.2, 0.25) is 0 Å². The number of thiazole rings is 1. The maximum Gasteiger partial charge on any atom is 0.266 e. The Balaban J connectivity index is 2.05. The smallest absolute Gasteiger partial charge is 0.266 e. The lowest BCUT2D eigenvalue weighted by Crippen LogP contribution is -2.38. The number of nitrogens with zero attached hydrogens (tertiary/aromatic N) is 4. The third-order valence-corrected chi connectivity index (χ3v) is 6.41. The highest BCUT2D eigenvalue weighted by Gasteiger charge is 2.25. The normalized spacial score (nSPS) is 16.4. The summed E-state index contributed by atoms with van der Waals surface area (Å²) in [5.41, 5.74) is 3.02. The predicted molar refractivity (Wildman–Crippen MR) is 117 cm³/mol. The molecule has 0 fully saturated rings. The van der Waals surface area contributed by atoms with E-state index in [9.17, 15) is 18.4 Å². The minimum atomic E-state index is -1.01. The molecule has 0 spiro atoms. The van der Waals surface area contributed by atoms with Crippen molar-refractivity contribution in [1.82, 2.24) is 14.8 Å². The van der Waals surface area contributed by atoms with Crippen molar-refractivity contribution in [2.75, 3.05) is 38.1 Å². The van der Waals surface area contributed by atoms with E-state index in [1.54, 1.807) is 24.3 Å². The summed E-state index contributed by atoms with van der Waals surface area (Å²) < 4.78 is 28.4. The Kier molecular flexibility index (Phi) is 7.72. The Morgan fingerprint density at radius 1 is 1.10 bits per heavy atom. The molecule has 1 aromatic carbocycles. The molecule has 1 aromatic heterocycles. The summed E-state index contributed by atoms with van der Waals surface area (Å²) in [5, 5.41) is 0. The molecule has 0 radical (unpaired) electrons. The van der Waals surface area contributed by atoms with Gasteiger partial charge in [0.05, 0.1) is 16.9 Å². The van der Waals surface area contributed by atoms with E-state index in [4.69, 9.17) is 0 Å². The Bertz CT molecular complexity index is 950. The van der Waals surface area contributed by atoms with E-state index in [2.05, 4.69) is 9.88 Å². The van der Waals surface area contributed by atoms with E-state index >= 15 is 0 Å². The third-order valence-electron chi connectivity index (χ3n) is 5.49. The van der Waals surface area contributed by atoms with Crippen molar-refractivity contribution in [1.29, 1.82) is 0 Å². The van der Waals surface area contributed by atoms with Gasteiger partial charge in [-0.1, -0.05) is 6.92 Å². The number of amides is 2. The predicted octanol–water partition coefficient (Wildman–Crippen LogP) is 3.84. The van der Waals surface area contributed by atoms with Gasteiger partial charge in [0.15, 0.2) is 11.6 Å². The molecule has 0 saturated carbocycles. The fourth-order valence-electron chi connectivity index (χ4n) is 3.78. The molecule has 0 N–H and O–H groups in total. The first-order chi connectivity index (χ1) is 14.8. The number of aryl methyl sites for hydroxylation is 1. The van der Waals surface area contributed by atoms with Crippen molar-refractivity contribution in [3.63, 3.8) is 0 Å². The highest BCUT2D eigenvalue weighted by atomic mass is 32.1. The van der Waals surface area contributed by atoms with Crippen LogP contribution in [0.25, 0.3) is 0 Å². The number of halogens is 2. The zero-order valence-corrected chi connectivity index (χ0v) is 19.0. The van der Waals surface area contributed by atoms with Gasteiger partial charge in [-0.15, -0.1) is 11.3 Å². The second kappa shape index (κ2) is 10.3. The van der Waals surface area contributed by atoms with Crippen molar-refractivity contribution >= 4 is 28.8 Å². The lowest BCUT2D eigenvalue weighted by atomic mass is 10.1. The lowest BCUT2D eigenvalue weighted by Gasteiger charge is -2.30. The number of aromatic nitrogens is 1. The van der Waals surface area contributed by atoms with Crippen LogP contribution in [0.3, 0.4) is 0 Å². The van der Waals surface area contributed by atoms with Crippen LogP contribution in [0.15, 0.2) is 17.6 Å². The highest BCUT2D eigenvalue weighted by molar-refractivity contribution is 7.11. The maximum atomic E-state index is 14.2. The number of carbonyl (C=O) groups excluding carboxylic acids is 2. The summed E-state index contributed by atoms with van der Waals surface area (Å²) in [6, 6.07) is 2.19. The molecule has 3 rings (SSSR count). The molecular formula is C22H28F2N4O2S. The fraction of sp³-hybridized carbons (Fsp3) is 0.500. The molecule has 0 saturated heterocycles. The minimum absolute atomic E-state index is 0.0832. The zero-order valence-electron chi connectivity index (χ0n) is 18.2. The van der Waals surface area contributed by atoms with Crippen LogP contribution in [-0.2, 0) is 11.3 Å². The fourth-order valence-corrected chi connectivity index (χ4v) is 4.55. The molecule has 0 atom stereocenters. The van der Waals surface area contributed by atoms with Gasteiger partial charge in [0, 0.05) is 32.1 Å². The van der Waals surface area contributed by atoms with Gasteiger partial charge in [0.25, 0.3) is 5.91 Å². The van der Waals surface area contributed by atoms with E-state index in [-0.39, 0.29) is 24.8 Å². The van der Waals surface area contributed by atoms with Crippen molar-refractivity contribution < 1.29 is 18.4 Å². The molecule has 0 aliphatic carbocycles. The topological polar surface area (TPSA) is 56.8 Å². The monoisotopic (exact) mass is 450 g/mol. The van der Waals surface area contributed by atoms with Crippen LogP contribution in [0.5, 0.6) is 0 Å². The van der Waals surface area contributed by atoms with E-state index in [1.807, 2.05) is 7.05 Å². The Morgan fingerprint density at radius 2 is 1.77 bits per heavy atom. The lowest BCUT2D eigenvalue weighted by molar-refractivity contribution is -0.118. The molecule has 9 heteroatoms. The highest BCUT2D eigenvalue weighted by Crippen LogP contribution is 2.28. The van der Waals surface area contributed by atoms with Gasteiger partial charge >= 0.3 is 0 Å². The summed E-state index contributed by atoms with van der Waals surface area (Å²) >= 11 is 1.27. The van der Waals surface area contributed by atoms with Crippen LogP contribution < -0.4 is 4.90 Å². The van der Waals surface area contributed by atoms with Crippen molar-refractivity contribution in [2.45, 2.75) is 39.7 Å². The second-order valence-corrected chi connectivity index (χ2v) is 8.65. The molecule has 31 heavy (non-hydrogen) atoms. The number of fused-ring (bicyclic) bond motifs is 1. The van der Waals surface area contributed by atoms with Crippen LogP contribution in [0.1, 0.15) is 47.1 Å². The van der Waals surface area contributed by atoms with Gasteiger partial charge in [0.2, 0.25) is 5.91 Å². The Morgan fingerprint density at radius 3 is 2.42 bits per heavy atom. The molecule has 168 valence electrons. The van der Waals surface area contributed by atoms with Crippen LogP contribution in [-0.4, -0.2) is 59.8 Å². The first-order valence-corrected chi connectivity index (χ1v) is 11.4. The first-order valence-electron chi connectivity index (χ1n) is 10.5. The molecule has 1 aliphatic rings. The van der Waals surface area contributed by atoms with Gasteiger partial charge < -0.3 is 14.7 Å². The molecule has 2 aromatic rings. The van der Waals surface area contributed by atoms with Gasteiger partial charge in [-0.25, -0.2) is 13.8 Å². The van der Waals surface area contributed by atoms with Gasteiger partial charge in [-0.2, -0.15) is 0 Å². The number of anilines is 1. The molecule has 0 unspecified atom stereocenters. The number of hydrogen-bond donors (Lipinski definition) is 0. The van der Waals surface area contributed by atoms with Crippen LogP contribution in [0.4, 0.5) is 14.5 Å². The summed E-state index contributed by atoms with van der Waals surface area (Å²) in [6.07, 6.45) is 1.71. The standard InChI is InChI=1S/C22H28F2N4O2S/c1-4-20(29)28-10-6-8-26(3)7-5-9-27(22(30)21-15(2)25-14-31-21)13-16-11-17(23)18(24)12-19(16)28/h11-12,14H,4-10,13H2,1-3H3. The van der Waals surface area contributed by atoms with E-state index in [1.165, 1.54) is 16.2 Å². The quantitative estimate of drug-likeness (QED) is 0.698. The van der Waals surface area contributed by atoms with E-state index < -0.39 is 11.6 Å². The summed E-state index contributed by atoms with van der Waals surface area (Å²) in [4.78, 5) is 35.9. The zero-order chi connectivity index (χ0) is 22.5. The molecule has 0 bridgehead atoms. The average molecular weight is 451 g/mol. The van der Waals surface area contributed by atoms with E-state index in [0.717, 1.165) is 31.6 Å². The third kappa shape index (κ3) is 5.46. The summed E-state index contributed by atoms with van der Waals surface area (Å²) in [7, 11) is 2.00. The van der Waals surface area contributed by atoms with Gasteiger partial charge in [0.1, 0.15) is 4.88 Å². The van der Waals surface area contributed by atoms with Crippen molar-refractivity contribution in [3.8, 4) is 0 Å². The molecule has 6 nitrogen and oxygen atoms in total. The molecule has 2 heterocycles. The second-order valence-electron chi connectivity index (χ2n) is 7.80. The SMILES string of the molecule is CCC(=O)N1CCCN(C)CCCN(C(=O)c2scnc2C)Cc2cc(F)c(F)cc21. The largest absolute Gasteiger partial charge is 0.333 e. The number of benzene rings is 1. The Labute approximate surface area is 185 Å². The van der Waals surface area contributed by atoms with Crippen LogP contribution in [0, 0.1) is 18.6 Å². The number of rotatable bonds is 2. The molecule has 1 aliphatic heterocycles. The first kappa shape index (κ1) is 23.3. The molecule has 2 amide bonds.